The summed E-state index contributed by atoms with van der Waals surface area (Å²) in [5, 5.41) is 9.21. The van der Waals surface area contributed by atoms with Crippen LogP contribution in [0.5, 0.6) is 5.75 Å². The van der Waals surface area contributed by atoms with E-state index in [0.29, 0.717) is 12.5 Å². The van der Waals surface area contributed by atoms with Crippen LogP contribution in [-0.4, -0.2) is 29.1 Å². The molecule has 4 nitrogen and oxygen atoms in total. The summed E-state index contributed by atoms with van der Waals surface area (Å²) >= 11 is 0. The van der Waals surface area contributed by atoms with Crippen molar-refractivity contribution in [3.05, 3.63) is 29.8 Å². The van der Waals surface area contributed by atoms with Crippen molar-refractivity contribution in [3.8, 4) is 5.75 Å². The highest BCUT2D eigenvalue weighted by Crippen LogP contribution is 2.26. The van der Waals surface area contributed by atoms with E-state index in [4.69, 9.17) is 5.73 Å². The second kappa shape index (κ2) is 3.81. The number of phenols is 1. The predicted octanol–water partition coefficient (Wildman–Crippen LogP) is 1.08. The maximum Gasteiger partial charge on any atom is 0.191 e. The van der Waals surface area contributed by atoms with Crippen molar-refractivity contribution >= 4 is 5.96 Å². The molecule has 0 saturated carbocycles. The first-order valence-corrected chi connectivity index (χ1v) is 5.08. The van der Waals surface area contributed by atoms with Crippen LogP contribution in [-0.2, 0) is 0 Å². The van der Waals surface area contributed by atoms with E-state index in [2.05, 4.69) is 16.8 Å². The Morgan fingerprint density at radius 1 is 1.47 bits per heavy atom. The lowest BCUT2D eigenvalue weighted by Gasteiger charge is -2.24. The molecule has 1 aromatic carbocycles. The van der Waals surface area contributed by atoms with Crippen LogP contribution in [0.1, 0.15) is 18.5 Å². The SMILES string of the molecule is CCN1C(N)=NCC1c1ccc(O)cc1. The highest BCUT2D eigenvalue weighted by Gasteiger charge is 2.25. The Balaban J connectivity index is 2.22. The van der Waals surface area contributed by atoms with Crippen molar-refractivity contribution in [2.45, 2.75) is 13.0 Å². The van der Waals surface area contributed by atoms with Gasteiger partial charge in [-0.25, -0.2) is 0 Å². The average Bonchev–Trinajstić information content (AvgIpc) is 2.61. The summed E-state index contributed by atoms with van der Waals surface area (Å²) in [5.74, 6) is 0.893. The lowest BCUT2D eigenvalue weighted by molar-refractivity contribution is 0.364. The van der Waals surface area contributed by atoms with Crippen LogP contribution in [0.3, 0.4) is 0 Å². The fourth-order valence-electron chi connectivity index (χ4n) is 1.89. The summed E-state index contributed by atoms with van der Waals surface area (Å²) in [7, 11) is 0. The van der Waals surface area contributed by atoms with Crippen LogP contribution in [0.15, 0.2) is 29.3 Å². The van der Waals surface area contributed by atoms with E-state index in [1.165, 1.54) is 0 Å². The van der Waals surface area contributed by atoms with E-state index in [0.717, 1.165) is 12.1 Å². The van der Waals surface area contributed by atoms with Crippen molar-refractivity contribution in [2.75, 3.05) is 13.1 Å². The van der Waals surface area contributed by atoms with Gasteiger partial charge in [-0.1, -0.05) is 12.1 Å². The lowest BCUT2D eigenvalue weighted by atomic mass is 10.1. The zero-order valence-electron chi connectivity index (χ0n) is 8.72. The van der Waals surface area contributed by atoms with Crippen molar-refractivity contribution in [1.82, 2.24) is 4.90 Å². The molecule has 1 unspecified atom stereocenters. The van der Waals surface area contributed by atoms with Crippen molar-refractivity contribution in [1.29, 1.82) is 0 Å². The first-order chi connectivity index (χ1) is 7.22. The van der Waals surface area contributed by atoms with E-state index >= 15 is 0 Å². The molecule has 80 valence electrons. The zero-order valence-corrected chi connectivity index (χ0v) is 8.72. The molecular weight excluding hydrogens is 190 g/mol. The number of aliphatic imine (C=N–C) groups is 1. The smallest absolute Gasteiger partial charge is 0.191 e. The van der Waals surface area contributed by atoms with Gasteiger partial charge in [0.05, 0.1) is 12.6 Å². The second-order valence-electron chi connectivity index (χ2n) is 3.59. The molecule has 15 heavy (non-hydrogen) atoms. The number of phenolic OH excluding ortho intramolecular Hbond substituents is 1. The maximum atomic E-state index is 9.21. The average molecular weight is 205 g/mol. The molecule has 0 fully saturated rings. The standard InChI is InChI=1S/C11H15N3O/c1-2-14-10(7-13-11(14)12)8-3-5-9(15)6-4-8/h3-6,10,15H,2,7H2,1H3,(H2,12,13). The van der Waals surface area contributed by atoms with Gasteiger partial charge in [0.2, 0.25) is 0 Å². The third-order valence-electron chi connectivity index (χ3n) is 2.72. The molecule has 1 atom stereocenters. The summed E-state index contributed by atoms with van der Waals surface area (Å²) in [4.78, 5) is 6.29. The van der Waals surface area contributed by atoms with Crippen LogP contribution < -0.4 is 5.73 Å². The van der Waals surface area contributed by atoms with Crippen molar-refractivity contribution in [3.63, 3.8) is 0 Å². The number of aromatic hydroxyl groups is 1. The van der Waals surface area contributed by atoms with E-state index in [9.17, 15) is 5.11 Å². The Morgan fingerprint density at radius 3 is 2.73 bits per heavy atom. The number of rotatable bonds is 2. The number of hydrogen-bond acceptors (Lipinski definition) is 4. The van der Waals surface area contributed by atoms with Gasteiger partial charge in [-0.15, -0.1) is 0 Å². The fourth-order valence-corrected chi connectivity index (χ4v) is 1.89. The number of likely N-dealkylation sites (N-methyl/N-ethyl adjacent to an activating group) is 1. The van der Waals surface area contributed by atoms with E-state index < -0.39 is 0 Å². The topological polar surface area (TPSA) is 61.8 Å². The van der Waals surface area contributed by atoms with E-state index in [1.54, 1.807) is 12.1 Å². The van der Waals surface area contributed by atoms with Crippen LogP contribution in [0, 0.1) is 0 Å². The molecule has 0 spiro atoms. The molecule has 1 aromatic rings. The van der Waals surface area contributed by atoms with Gasteiger partial charge in [0.25, 0.3) is 0 Å². The molecule has 3 N–H and O–H groups in total. The van der Waals surface area contributed by atoms with Crippen LogP contribution in [0.25, 0.3) is 0 Å². The van der Waals surface area contributed by atoms with Gasteiger partial charge in [0.1, 0.15) is 5.75 Å². The highest BCUT2D eigenvalue weighted by molar-refractivity contribution is 5.80. The van der Waals surface area contributed by atoms with Crippen LogP contribution in [0.4, 0.5) is 0 Å². The number of benzene rings is 1. The van der Waals surface area contributed by atoms with Gasteiger partial charge in [-0.05, 0) is 24.6 Å². The number of guanidine groups is 1. The minimum absolute atomic E-state index is 0.218. The summed E-state index contributed by atoms with van der Waals surface area (Å²) in [6, 6.07) is 7.43. The molecule has 0 aliphatic carbocycles. The van der Waals surface area contributed by atoms with Gasteiger partial charge in [-0.3, -0.25) is 4.99 Å². The Hall–Kier alpha value is -1.71. The molecular formula is C11H15N3O. The fraction of sp³-hybridized carbons (Fsp3) is 0.364. The molecule has 0 bridgehead atoms. The molecule has 2 rings (SSSR count). The normalized spacial score (nSPS) is 20.5. The summed E-state index contributed by atoms with van der Waals surface area (Å²) in [6.07, 6.45) is 0. The quantitative estimate of drug-likeness (QED) is 0.759. The summed E-state index contributed by atoms with van der Waals surface area (Å²) < 4.78 is 0. The predicted molar refractivity (Wildman–Crippen MR) is 59.7 cm³/mol. The third-order valence-corrected chi connectivity index (χ3v) is 2.72. The van der Waals surface area contributed by atoms with E-state index in [1.807, 2.05) is 12.1 Å². The Kier molecular flexibility index (Phi) is 2.49. The van der Waals surface area contributed by atoms with Crippen LogP contribution in [0.2, 0.25) is 0 Å². The minimum Gasteiger partial charge on any atom is -0.508 e. The second-order valence-corrected chi connectivity index (χ2v) is 3.59. The molecule has 0 radical (unpaired) electrons. The molecule has 1 aliphatic rings. The maximum absolute atomic E-state index is 9.21. The van der Waals surface area contributed by atoms with Crippen molar-refractivity contribution < 1.29 is 5.11 Å². The highest BCUT2D eigenvalue weighted by atomic mass is 16.3. The first kappa shape index (κ1) is 9.83. The number of hydrogen-bond donors (Lipinski definition) is 2. The lowest BCUT2D eigenvalue weighted by Crippen LogP contribution is -2.35. The van der Waals surface area contributed by atoms with Gasteiger partial charge in [0.15, 0.2) is 5.96 Å². The molecule has 4 heteroatoms. The summed E-state index contributed by atoms with van der Waals surface area (Å²) in [5.41, 5.74) is 6.91. The molecule has 0 amide bonds. The molecule has 1 aliphatic heterocycles. The van der Waals surface area contributed by atoms with Gasteiger partial charge < -0.3 is 15.7 Å². The van der Waals surface area contributed by atoms with Gasteiger partial charge in [-0.2, -0.15) is 0 Å². The monoisotopic (exact) mass is 205 g/mol. The van der Waals surface area contributed by atoms with Crippen molar-refractivity contribution in [2.24, 2.45) is 10.7 Å². The third kappa shape index (κ3) is 1.75. The van der Waals surface area contributed by atoms with E-state index in [-0.39, 0.29) is 11.8 Å². The first-order valence-electron chi connectivity index (χ1n) is 5.08. The summed E-state index contributed by atoms with van der Waals surface area (Å²) in [6.45, 7) is 3.60. The largest absolute Gasteiger partial charge is 0.508 e. The zero-order chi connectivity index (χ0) is 10.8. The number of nitrogens with zero attached hydrogens (tertiary/aromatic N) is 2. The van der Waals surface area contributed by atoms with Crippen LogP contribution >= 0.6 is 0 Å². The Morgan fingerprint density at radius 2 is 2.13 bits per heavy atom. The molecule has 0 saturated heterocycles. The Labute approximate surface area is 89.0 Å². The van der Waals surface area contributed by atoms with Gasteiger partial charge in [0, 0.05) is 6.54 Å². The minimum atomic E-state index is 0.218. The number of nitrogens with two attached hydrogens (primary N) is 1. The Bertz CT molecular complexity index is 372. The molecule has 0 aromatic heterocycles. The van der Waals surface area contributed by atoms with Gasteiger partial charge >= 0.3 is 0 Å². The molecule has 1 heterocycles.